The van der Waals surface area contributed by atoms with Crippen LogP contribution in [-0.2, 0) is 11.0 Å². The normalized spacial score (nSPS) is 18.8. The van der Waals surface area contributed by atoms with E-state index in [0.717, 1.165) is 6.07 Å². The van der Waals surface area contributed by atoms with E-state index in [1.54, 1.807) is 17.0 Å². The van der Waals surface area contributed by atoms with Crippen molar-refractivity contribution < 1.29 is 27.3 Å². The molecule has 6 nitrogen and oxygen atoms in total. The first-order valence-electron chi connectivity index (χ1n) is 9.09. The maximum Gasteiger partial charge on any atom is 0.418 e. The minimum atomic E-state index is -4.54. The quantitative estimate of drug-likeness (QED) is 0.451. The van der Waals surface area contributed by atoms with Gasteiger partial charge in [0, 0.05) is 10.7 Å². The molecule has 2 aromatic rings. The van der Waals surface area contributed by atoms with Crippen LogP contribution in [-0.4, -0.2) is 54.1 Å². The fourth-order valence-corrected chi connectivity index (χ4v) is 4.31. The van der Waals surface area contributed by atoms with Crippen LogP contribution in [0.3, 0.4) is 0 Å². The van der Waals surface area contributed by atoms with E-state index >= 15 is 0 Å². The molecule has 1 aromatic carbocycles. The average Bonchev–Trinajstić information content (AvgIpc) is 2.73. The molecule has 0 radical (unpaired) electrons. The second kappa shape index (κ2) is 9.91. The number of methoxy groups -OCH3 is 1. The number of anilines is 1. The van der Waals surface area contributed by atoms with E-state index in [2.05, 4.69) is 20.9 Å². The van der Waals surface area contributed by atoms with Crippen molar-refractivity contribution in [3.05, 3.63) is 51.1 Å². The fourth-order valence-electron chi connectivity index (χ4n) is 3.43. The highest BCUT2D eigenvalue weighted by Gasteiger charge is 2.39. The Labute approximate surface area is 195 Å². The summed E-state index contributed by atoms with van der Waals surface area (Å²) in [6, 6.07) is 6.77. The van der Waals surface area contributed by atoms with Gasteiger partial charge in [-0.2, -0.15) is 13.2 Å². The lowest BCUT2D eigenvalue weighted by Gasteiger charge is -2.34. The first-order chi connectivity index (χ1) is 14.7. The second-order valence-corrected chi connectivity index (χ2v) is 8.41. The van der Waals surface area contributed by atoms with Crippen LogP contribution in [0, 0.1) is 0 Å². The fraction of sp³-hybridized carbons (Fsp3) is 0.368. The van der Waals surface area contributed by atoms with Crippen molar-refractivity contribution in [3.8, 4) is 5.88 Å². The van der Waals surface area contributed by atoms with Gasteiger partial charge in [-0.1, -0.05) is 11.6 Å². The monoisotopic (exact) mass is 541 g/mol. The third-order valence-electron chi connectivity index (χ3n) is 4.85. The number of aromatic nitrogens is 1. The number of nitrogens with zero attached hydrogens (tertiary/aromatic N) is 3. The van der Waals surface area contributed by atoms with Gasteiger partial charge in [-0.3, -0.25) is 4.84 Å². The largest absolute Gasteiger partial charge is 0.480 e. The van der Waals surface area contributed by atoms with Crippen LogP contribution < -0.4 is 15.5 Å². The Bertz CT molecular complexity index is 991. The van der Waals surface area contributed by atoms with E-state index < -0.39 is 17.8 Å². The predicted octanol–water partition coefficient (Wildman–Crippen LogP) is 4.30. The van der Waals surface area contributed by atoms with Gasteiger partial charge in [-0.05, 0) is 57.9 Å². The minimum Gasteiger partial charge on any atom is -0.480 e. The molecule has 31 heavy (non-hydrogen) atoms. The molecule has 2 N–H and O–H groups in total. The summed E-state index contributed by atoms with van der Waals surface area (Å²) < 4.78 is 48.4. The number of hydrogen-bond donors (Lipinski definition) is 1. The minimum absolute atomic E-state index is 0.0168. The zero-order valence-electron chi connectivity index (χ0n) is 16.3. The summed E-state index contributed by atoms with van der Waals surface area (Å²) in [6.45, 7) is 0.865. The average molecular weight is 543 g/mol. The van der Waals surface area contributed by atoms with E-state index in [0.29, 0.717) is 27.8 Å². The van der Waals surface area contributed by atoms with Crippen LogP contribution in [0.25, 0.3) is 0 Å². The van der Waals surface area contributed by atoms with E-state index in [1.165, 1.54) is 19.2 Å². The van der Waals surface area contributed by atoms with Crippen LogP contribution >= 0.6 is 39.1 Å². The summed E-state index contributed by atoms with van der Waals surface area (Å²) in [7, 11) is 1.49. The van der Waals surface area contributed by atoms with Gasteiger partial charge in [-0.15, -0.1) is 0 Å². The molecule has 0 bridgehead atoms. The Morgan fingerprint density at radius 1 is 1.35 bits per heavy atom. The number of nitrogens with two attached hydrogens (primary N) is 1. The zero-order chi connectivity index (χ0) is 22.8. The summed E-state index contributed by atoms with van der Waals surface area (Å²) in [4.78, 5) is 10.8. The SMILES string of the molecule is COc1nc(C(Cl)=[N+]2CCN(c3ccc(Cl)cc3C(F)(F)F)CC2CON)ccc1Br. The molecule has 2 heterocycles. The highest BCUT2D eigenvalue weighted by Crippen LogP contribution is 2.38. The highest BCUT2D eigenvalue weighted by atomic mass is 79.9. The first-order valence-corrected chi connectivity index (χ1v) is 10.6. The van der Waals surface area contributed by atoms with Crippen LogP contribution in [0.5, 0.6) is 5.88 Å². The number of ether oxygens (including phenoxy) is 1. The van der Waals surface area contributed by atoms with Gasteiger partial charge in [-0.25, -0.2) is 15.5 Å². The van der Waals surface area contributed by atoms with Crippen molar-refractivity contribution in [3.63, 3.8) is 0 Å². The Balaban J connectivity index is 1.96. The molecule has 168 valence electrons. The molecule has 0 aliphatic carbocycles. The molecule has 1 aliphatic rings. The summed E-state index contributed by atoms with van der Waals surface area (Å²) in [5.74, 6) is 5.65. The van der Waals surface area contributed by atoms with Gasteiger partial charge in [0.2, 0.25) is 5.88 Å². The number of pyridine rings is 1. The molecular weight excluding hydrogens is 524 g/mol. The molecular formula is C19H19BrCl2F3N4O2+. The van der Waals surface area contributed by atoms with E-state index in [-0.39, 0.29) is 30.4 Å². The number of halogens is 6. The lowest BCUT2D eigenvalue weighted by molar-refractivity contribution is -0.569. The van der Waals surface area contributed by atoms with Crippen molar-refractivity contribution in [1.82, 2.24) is 4.98 Å². The Morgan fingerprint density at radius 3 is 2.74 bits per heavy atom. The molecule has 0 saturated carbocycles. The van der Waals surface area contributed by atoms with Crippen LogP contribution in [0.1, 0.15) is 11.3 Å². The molecule has 1 atom stereocenters. The second-order valence-electron chi connectivity index (χ2n) is 6.76. The summed E-state index contributed by atoms with van der Waals surface area (Å²) >= 11 is 15.8. The topological polar surface area (TPSA) is 63.6 Å². The standard InChI is InChI=1S/C19H19BrCl2F3N4O2/c1-30-18-14(20)3-4-15(27-18)17(22)29-7-6-28(9-12(29)10-31-26)16-5-2-11(21)8-13(16)19(23,24)25/h2-5,8,12H,6-7,9-10,26H2,1H3/q+1. The molecule has 1 saturated heterocycles. The maximum atomic E-state index is 13.6. The maximum absolute atomic E-state index is 13.6. The summed E-state index contributed by atoms with van der Waals surface area (Å²) in [5.41, 5.74) is -0.298. The van der Waals surface area contributed by atoms with Crippen LogP contribution in [0.15, 0.2) is 34.8 Å². The van der Waals surface area contributed by atoms with Crippen molar-refractivity contribution in [2.24, 2.45) is 5.90 Å². The molecule has 12 heteroatoms. The molecule has 1 unspecified atom stereocenters. The number of benzene rings is 1. The van der Waals surface area contributed by atoms with Gasteiger partial charge in [0.05, 0.1) is 30.2 Å². The van der Waals surface area contributed by atoms with E-state index in [4.69, 9.17) is 38.7 Å². The lowest BCUT2D eigenvalue weighted by Crippen LogP contribution is -2.53. The smallest absolute Gasteiger partial charge is 0.418 e. The molecule has 0 amide bonds. The van der Waals surface area contributed by atoms with Gasteiger partial charge in [0.15, 0.2) is 18.3 Å². The lowest BCUT2D eigenvalue weighted by atomic mass is 10.1. The van der Waals surface area contributed by atoms with Crippen LogP contribution in [0.4, 0.5) is 18.9 Å². The molecule has 1 aromatic heterocycles. The van der Waals surface area contributed by atoms with Crippen molar-refractivity contribution in [2.45, 2.75) is 12.2 Å². The van der Waals surface area contributed by atoms with Crippen molar-refractivity contribution in [1.29, 1.82) is 0 Å². The van der Waals surface area contributed by atoms with Crippen molar-refractivity contribution in [2.75, 3.05) is 38.3 Å². The number of alkyl halides is 3. The number of hydrogen-bond acceptors (Lipinski definition) is 5. The number of rotatable bonds is 5. The Hall–Kier alpha value is -1.59. The zero-order valence-corrected chi connectivity index (χ0v) is 19.4. The molecule has 1 aliphatic heterocycles. The highest BCUT2D eigenvalue weighted by molar-refractivity contribution is 9.10. The van der Waals surface area contributed by atoms with E-state index in [9.17, 15) is 13.2 Å². The Kier molecular flexibility index (Phi) is 7.69. The van der Waals surface area contributed by atoms with Gasteiger partial charge >= 0.3 is 6.18 Å². The van der Waals surface area contributed by atoms with Crippen LogP contribution in [0.2, 0.25) is 5.02 Å². The third kappa shape index (κ3) is 5.43. The molecule has 3 rings (SSSR count). The van der Waals surface area contributed by atoms with E-state index in [1.807, 2.05) is 4.58 Å². The molecule has 0 spiro atoms. The third-order valence-corrected chi connectivity index (χ3v) is 6.10. The number of piperazine rings is 1. The van der Waals surface area contributed by atoms with Gasteiger partial charge in [0.25, 0.3) is 5.17 Å². The Morgan fingerprint density at radius 2 is 2.10 bits per heavy atom. The molecule has 1 fully saturated rings. The van der Waals surface area contributed by atoms with Gasteiger partial charge in [0.1, 0.15) is 6.61 Å². The summed E-state index contributed by atoms with van der Waals surface area (Å²) in [5, 5.41) is 0.336. The van der Waals surface area contributed by atoms with Gasteiger partial charge < -0.3 is 9.64 Å². The first kappa shape index (κ1) is 24.1. The summed E-state index contributed by atoms with van der Waals surface area (Å²) in [6.07, 6.45) is -4.54. The predicted molar refractivity (Wildman–Crippen MR) is 116 cm³/mol. The van der Waals surface area contributed by atoms with Crippen molar-refractivity contribution >= 4 is 50.0 Å².